The number of rotatable bonds is 6. The number of nitrogens with one attached hydrogen (secondary N) is 2. The third kappa shape index (κ3) is 4.31. The van der Waals surface area contributed by atoms with Crippen molar-refractivity contribution in [2.45, 2.75) is 49.0 Å². The van der Waals surface area contributed by atoms with E-state index in [2.05, 4.69) is 15.6 Å². The van der Waals surface area contributed by atoms with Gasteiger partial charge in [-0.3, -0.25) is 14.6 Å². The van der Waals surface area contributed by atoms with Gasteiger partial charge >= 0.3 is 0 Å². The lowest BCUT2D eigenvalue weighted by Gasteiger charge is -2.56. The number of nitrogens with zero attached hydrogens (tertiary/aromatic N) is 1. The van der Waals surface area contributed by atoms with Crippen LogP contribution in [-0.2, 0) is 4.79 Å². The fourth-order valence-electron chi connectivity index (χ4n) is 6.87. The summed E-state index contributed by atoms with van der Waals surface area (Å²) in [6.07, 6.45) is 9.29. The molecule has 4 aliphatic carbocycles. The average molecular weight is 472 g/mol. The van der Waals surface area contributed by atoms with Crippen molar-refractivity contribution in [3.05, 3.63) is 66.4 Å². The van der Waals surface area contributed by atoms with Gasteiger partial charge in [-0.1, -0.05) is 18.2 Å². The quantitative estimate of drug-likeness (QED) is 0.455. The zero-order valence-electron chi connectivity index (χ0n) is 19.1. The molecule has 0 saturated heterocycles. The van der Waals surface area contributed by atoms with Gasteiger partial charge in [0.15, 0.2) is 0 Å². The first-order valence-electron chi connectivity index (χ1n) is 12.2. The minimum absolute atomic E-state index is 0.0221. The molecule has 174 valence electrons. The van der Waals surface area contributed by atoms with Gasteiger partial charge in [-0.2, -0.15) is 0 Å². The van der Waals surface area contributed by atoms with E-state index in [-0.39, 0.29) is 17.4 Å². The van der Waals surface area contributed by atoms with Gasteiger partial charge in [-0.05, 0) is 92.7 Å². The van der Waals surface area contributed by atoms with Crippen molar-refractivity contribution in [1.29, 1.82) is 0 Å². The van der Waals surface area contributed by atoms with E-state index in [4.69, 9.17) is 0 Å². The van der Waals surface area contributed by atoms with Crippen LogP contribution in [0.5, 0.6) is 0 Å². The largest absolute Gasteiger partial charge is 0.350 e. The Kier molecular flexibility index (Phi) is 5.56. The molecule has 4 bridgehead atoms. The monoisotopic (exact) mass is 471 g/mol. The highest BCUT2D eigenvalue weighted by molar-refractivity contribution is 8.00. The van der Waals surface area contributed by atoms with Gasteiger partial charge in [0.05, 0.1) is 16.8 Å². The summed E-state index contributed by atoms with van der Waals surface area (Å²) in [6.45, 7) is 0. The molecule has 0 radical (unpaired) electrons. The van der Waals surface area contributed by atoms with Crippen LogP contribution in [0.1, 0.15) is 48.9 Å². The van der Waals surface area contributed by atoms with Crippen LogP contribution >= 0.6 is 11.8 Å². The Hall–Kier alpha value is -2.86. The highest BCUT2D eigenvalue weighted by Crippen LogP contribution is 2.55. The number of pyridine rings is 1. The van der Waals surface area contributed by atoms with Crippen LogP contribution in [0.2, 0.25) is 0 Å². The zero-order valence-corrected chi connectivity index (χ0v) is 19.9. The number of amides is 2. The number of carbonyl (C=O) groups is 2. The number of thioether (sulfide) groups is 1. The summed E-state index contributed by atoms with van der Waals surface area (Å²) in [6, 6.07) is 17.1. The molecule has 0 aliphatic heterocycles. The van der Waals surface area contributed by atoms with E-state index < -0.39 is 0 Å². The Balaban J connectivity index is 1.11. The third-order valence-corrected chi connectivity index (χ3v) is 8.87. The number of carbonyl (C=O) groups excluding carboxylic acids is 2. The molecule has 6 heteroatoms. The standard InChI is InChI=1S/C28H29N3O2S/c32-26(31-28-14-18-10-19(15-28)12-20(11-18)16-28)17-34-25-6-2-1-5-23(25)27(33)30-22-7-8-24-21(13-22)4-3-9-29-24/h1-9,13,18-20H,10-12,14-17H2,(H,30,33)(H,31,32). The molecule has 7 rings (SSSR count). The average Bonchev–Trinajstić information content (AvgIpc) is 2.81. The van der Waals surface area contributed by atoms with Crippen LogP contribution in [-0.4, -0.2) is 28.1 Å². The molecule has 34 heavy (non-hydrogen) atoms. The first-order valence-corrected chi connectivity index (χ1v) is 13.2. The topological polar surface area (TPSA) is 71.1 Å². The lowest BCUT2D eigenvalue weighted by molar-refractivity contribution is -0.124. The third-order valence-electron chi connectivity index (χ3n) is 7.79. The number of aromatic nitrogens is 1. The van der Waals surface area contributed by atoms with Crippen LogP contribution in [0.25, 0.3) is 10.9 Å². The molecule has 2 N–H and O–H groups in total. The van der Waals surface area contributed by atoms with Crippen molar-refractivity contribution in [3.8, 4) is 0 Å². The minimum Gasteiger partial charge on any atom is -0.350 e. The Morgan fingerprint density at radius 3 is 2.44 bits per heavy atom. The van der Waals surface area contributed by atoms with Crippen LogP contribution in [0.15, 0.2) is 65.7 Å². The summed E-state index contributed by atoms with van der Waals surface area (Å²) in [4.78, 5) is 31.2. The van der Waals surface area contributed by atoms with Crippen LogP contribution < -0.4 is 10.6 Å². The maximum absolute atomic E-state index is 13.1. The second kappa shape index (κ2) is 8.73. The van der Waals surface area contributed by atoms with Crippen molar-refractivity contribution in [2.24, 2.45) is 17.8 Å². The van der Waals surface area contributed by atoms with Gasteiger partial charge in [-0.15, -0.1) is 11.8 Å². The van der Waals surface area contributed by atoms with Gasteiger partial charge in [-0.25, -0.2) is 0 Å². The Morgan fingerprint density at radius 1 is 0.941 bits per heavy atom. The van der Waals surface area contributed by atoms with Crippen LogP contribution in [0, 0.1) is 17.8 Å². The predicted octanol–water partition coefficient (Wildman–Crippen LogP) is 5.66. The van der Waals surface area contributed by atoms with Crippen LogP contribution in [0.4, 0.5) is 5.69 Å². The molecular weight excluding hydrogens is 442 g/mol. The molecule has 0 spiro atoms. The number of anilines is 1. The summed E-state index contributed by atoms with van der Waals surface area (Å²) in [7, 11) is 0. The van der Waals surface area contributed by atoms with Crippen molar-refractivity contribution in [3.63, 3.8) is 0 Å². The summed E-state index contributed by atoms with van der Waals surface area (Å²) < 4.78 is 0. The molecular formula is C28H29N3O2S. The fraction of sp³-hybridized carbons (Fsp3) is 0.393. The van der Waals surface area contributed by atoms with E-state index in [1.54, 1.807) is 6.20 Å². The Labute approximate surface area is 204 Å². The van der Waals surface area contributed by atoms with E-state index in [0.29, 0.717) is 11.3 Å². The second-order valence-corrected chi connectivity index (χ2v) is 11.4. The molecule has 0 unspecified atom stereocenters. The van der Waals surface area contributed by atoms with Gasteiger partial charge in [0.1, 0.15) is 0 Å². The van der Waals surface area contributed by atoms with Gasteiger partial charge in [0.25, 0.3) is 5.91 Å². The maximum Gasteiger partial charge on any atom is 0.256 e. The maximum atomic E-state index is 13.1. The van der Waals surface area contributed by atoms with Crippen molar-refractivity contribution in [1.82, 2.24) is 10.3 Å². The molecule has 1 heterocycles. The van der Waals surface area contributed by atoms with Crippen molar-refractivity contribution >= 4 is 40.2 Å². The molecule has 2 amide bonds. The van der Waals surface area contributed by atoms with E-state index in [0.717, 1.165) is 58.5 Å². The molecule has 3 aromatic rings. The molecule has 4 saturated carbocycles. The van der Waals surface area contributed by atoms with E-state index in [1.165, 1.54) is 31.0 Å². The lowest BCUT2D eigenvalue weighted by Crippen LogP contribution is -2.60. The first-order chi connectivity index (χ1) is 16.6. The number of benzene rings is 2. The summed E-state index contributed by atoms with van der Waals surface area (Å²) >= 11 is 1.44. The lowest BCUT2D eigenvalue weighted by atomic mass is 9.53. The molecule has 1 aromatic heterocycles. The summed E-state index contributed by atoms with van der Waals surface area (Å²) in [5.74, 6) is 2.64. The fourth-order valence-corrected chi connectivity index (χ4v) is 7.72. The minimum atomic E-state index is -0.173. The molecule has 4 aliphatic rings. The number of hydrogen-bond acceptors (Lipinski definition) is 4. The van der Waals surface area contributed by atoms with Gasteiger partial charge in [0, 0.05) is 27.7 Å². The Morgan fingerprint density at radius 2 is 1.68 bits per heavy atom. The van der Waals surface area contributed by atoms with Crippen molar-refractivity contribution in [2.75, 3.05) is 11.1 Å². The van der Waals surface area contributed by atoms with E-state index >= 15 is 0 Å². The normalized spacial score (nSPS) is 27.0. The summed E-state index contributed by atoms with van der Waals surface area (Å²) in [5.41, 5.74) is 2.22. The number of hydrogen-bond donors (Lipinski definition) is 2. The Bertz CT molecular complexity index is 1220. The smallest absolute Gasteiger partial charge is 0.256 e. The van der Waals surface area contributed by atoms with Gasteiger partial charge in [0.2, 0.25) is 5.91 Å². The van der Waals surface area contributed by atoms with E-state index in [9.17, 15) is 9.59 Å². The van der Waals surface area contributed by atoms with Crippen molar-refractivity contribution < 1.29 is 9.59 Å². The molecule has 4 fully saturated rings. The highest BCUT2D eigenvalue weighted by atomic mass is 32.2. The second-order valence-electron chi connectivity index (χ2n) is 10.4. The molecule has 5 nitrogen and oxygen atoms in total. The SMILES string of the molecule is O=C(CSc1ccccc1C(=O)Nc1ccc2ncccc2c1)NC12CC3CC(CC(C3)C1)C2. The zero-order chi connectivity index (χ0) is 23.1. The first kappa shape index (κ1) is 21.7. The number of fused-ring (bicyclic) bond motifs is 1. The highest BCUT2D eigenvalue weighted by Gasteiger charge is 2.51. The predicted molar refractivity (Wildman–Crippen MR) is 136 cm³/mol. The van der Waals surface area contributed by atoms with E-state index in [1.807, 2.05) is 54.6 Å². The molecule has 0 atom stereocenters. The van der Waals surface area contributed by atoms with Crippen LogP contribution in [0.3, 0.4) is 0 Å². The van der Waals surface area contributed by atoms with Gasteiger partial charge < -0.3 is 10.6 Å². The summed E-state index contributed by atoms with van der Waals surface area (Å²) in [5, 5.41) is 7.41. The molecule has 2 aromatic carbocycles.